The molecule has 0 fully saturated rings. The fourth-order valence-corrected chi connectivity index (χ4v) is 1.99. The topological polar surface area (TPSA) is 46.5 Å². The maximum Gasteiger partial charge on any atom is 0.339 e. The Morgan fingerprint density at radius 3 is 2.58 bits per heavy atom. The molecule has 0 aliphatic heterocycles. The highest BCUT2D eigenvalue weighted by molar-refractivity contribution is 5.90. The van der Waals surface area contributed by atoms with Gasteiger partial charge in [-0.25, -0.2) is 4.79 Å². The normalized spacial score (nSPS) is 10.4. The number of aryl methyl sites for hydroxylation is 1. The van der Waals surface area contributed by atoms with E-state index in [-0.39, 0.29) is 5.56 Å². The molecule has 3 nitrogen and oxygen atoms in total. The monoisotopic (exact) mass is 264 g/mol. The fraction of sp³-hybridized carbons (Fsp3) is 0.562. The van der Waals surface area contributed by atoms with Crippen LogP contribution in [0.2, 0.25) is 0 Å². The number of carboxylic acid groups (broad SMARTS) is 1. The molecule has 1 N–H and O–H groups in total. The van der Waals surface area contributed by atoms with E-state index in [1.807, 2.05) is 19.1 Å². The molecule has 0 atom stereocenters. The van der Waals surface area contributed by atoms with Crippen LogP contribution in [0.25, 0.3) is 0 Å². The molecule has 0 aliphatic carbocycles. The highest BCUT2D eigenvalue weighted by Crippen LogP contribution is 2.22. The Labute approximate surface area is 115 Å². The van der Waals surface area contributed by atoms with Crippen LogP contribution >= 0.6 is 0 Å². The second-order valence-corrected chi connectivity index (χ2v) is 4.79. The molecular formula is C16H24O3. The van der Waals surface area contributed by atoms with E-state index in [4.69, 9.17) is 9.84 Å². The van der Waals surface area contributed by atoms with Gasteiger partial charge in [0.25, 0.3) is 0 Å². The lowest BCUT2D eigenvalue weighted by Gasteiger charge is -2.10. The van der Waals surface area contributed by atoms with Crippen LogP contribution in [0.4, 0.5) is 0 Å². The number of rotatable bonds is 9. The van der Waals surface area contributed by atoms with Crippen LogP contribution < -0.4 is 4.74 Å². The number of aromatic carboxylic acids is 1. The first-order valence-corrected chi connectivity index (χ1v) is 7.18. The minimum absolute atomic E-state index is 0.255. The number of unbranched alkanes of at least 4 members (excludes halogenated alkanes) is 3. The largest absolute Gasteiger partial charge is 0.493 e. The van der Waals surface area contributed by atoms with E-state index in [1.165, 1.54) is 19.3 Å². The Morgan fingerprint density at radius 2 is 1.95 bits per heavy atom. The van der Waals surface area contributed by atoms with E-state index in [0.29, 0.717) is 12.4 Å². The predicted octanol–water partition coefficient (Wildman–Crippen LogP) is 4.30. The zero-order chi connectivity index (χ0) is 14.1. The number of hydrogen-bond acceptors (Lipinski definition) is 2. The molecule has 0 radical (unpaired) electrons. The predicted molar refractivity (Wildman–Crippen MR) is 77.0 cm³/mol. The number of benzene rings is 1. The number of carbonyl (C=O) groups is 1. The third-order valence-electron chi connectivity index (χ3n) is 3.06. The number of ether oxygens (including phenoxy) is 1. The lowest BCUT2D eigenvalue weighted by atomic mass is 10.0. The molecular weight excluding hydrogens is 240 g/mol. The molecule has 0 spiro atoms. The molecule has 0 heterocycles. The first-order valence-electron chi connectivity index (χ1n) is 7.18. The Morgan fingerprint density at radius 1 is 1.16 bits per heavy atom. The number of carboxylic acids is 1. The standard InChI is InChI=1S/C16H24O3/c1-3-5-6-7-8-13-9-10-14(16(17)18)15(12-13)19-11-4-2/h9-10,12H,3-8,11H2,1-2H3,(H,17,18). The summed E-state index contributed by atoms with van der Waals surface area (Å²) in [5.41, 5.74) is 1.41. The SMILES string of the molecule is CCCCCCc1ccc(C(=O)O)c(OCCC)c1. The fourth-order valence-electron chi connectivity index (χ4n) is 1.99. The molecule has 106 valence electrons. The van der Waals surface area contributed by atoms with Crippen molar-refractivity contribution < 1.29 is 14.6 Å². The summed E-state index contributed by atoms with van der Waals surface area (Å²) in [7, 11) is 0. The van der Waals surface area contributed by atoms with E-state index in [0.717, 1.165) is 24.8 Å². The molecule has 1 aromatic rings. The molecule has 0 saturated heterocycles. The second-order valence-electron chi connectivity index (χ2n) is 4.79. The average molecular weight is 264 g/mol. The summed E-state index contributed by atoms with van der Waals surface area (Å²) in [6.07, 6.45) is 6.72. The zero-order valence-corrected chi connectivity index (χ0v) is 11.9. The Bertz CT molecular complexity index is 399. The van der Waals surface area contributed by atoms with Crippen molar-refractivity contribution in [3.8, 4) is 5.75 Å². The molecule has 0 bridgehead atoms. The highest BCUT2D eigenvalue weighted by Gasteiger charge is 2.11. The first-order chi connectivity index (χ1) is 9.19. The summed E-state index contributed by atoms with van der Waals surface area (Å²) in [6.45, 7) is 4.76. The van der Waals surface area contributed by atoms with Gasteiger partial charge in [0.15, 0.2) is 0 Å². The smallest absolute Gasteiger partial charge is 0.339 e. The van der Waals surface area contributed by atoms with Crippen LogP contribution in [0, 0.1) is 0 Å². The molecule has 1 rings (SSSR count). The molecule has 1 aromatic carbocycles. The maximum atomic E-state index is 11.1. The van der Waals surface area contributed by atoms with Crippen molar-refractivity contribution in [3.05, 3.63) is 29.3 Å². The summed E-state index contributed by atoms with van der Waals surface area (Å²) in [6, 6.07) is 5.43. The lowest BCUT2D eigenvalue weighted by Crippen LogP contribution is -2.04. The van der Waals surface area contributed by atoms with Crippen molar-refractivity contribution in [1.29, 1.82) is 0 Å². The Kier molecular flexibility index (Phi) is 7.01. The molecule has 0 saturated carbocycles. The summed E-state index contributed by atoms with van der Waals surface area (Å²) in [5, 5.41) is 9.12. The van der Waals surface area contributed by atoms with Gasteiger partial charge in [-0.1, -0.05) is 39.2 Å². The summed E-state index contributed by atoms with van der Waals surface area (Å²) in [4.78, 5) is 11.1. The maximum absolute atomic E-state index is 11.1. The van der Waals surface area contributed by atoms with Gasteiger partial charge in [-0.05, 0) is 37.0 Å². The van der Waals surface area contributed by atoms with Crippen LogP contribution in [0.3, 0.4) is 0 Å². The minimum atomic E-state index is -0.927. The third-order valence-corrected chi connectivity index (χ3v) is 3.06. The molecule has 0 unspecified atom stereocenters. The van der Waals surface area contributed by atoms with Gasteiger partial charge in [-0.15, -0.1) is 0 Å². The van der Waals surface area contributed by atoms with Crippen molar-refractivity contribution >= 4 is 5.97 Å². The second kappa shape index (κ2) is 8.57. The quantitative estimate of drug-likeness (QED) is 0.676. The first kappa shape index (κ1) is 15.5. The van der Waals surface area contributed by atoms with Gasteiger partial charge in [0.1, 0.15) is 11.3 Å². The molecule has 0 amide bonds. The van der Waals surface area contributed by atoms with Gasteiger partial charge >= 0.3 is 5.97 Å². The third kappa shape index (κ3) is 5.33. The van der Waals surface area contributed by atoms with E-state index >= 15 is 0 Å². The van der Waals surface area contributed by atoms with Gasteiger partial charge in [-0.3, -0.25) is 0 Å². The summed E-state index contributed by atoms with van der Waals surface area (Å²) < 4.78 is 5.53. The van der Waals surface area contributed by atoms with Crippen LogP contribution in [0.1, 0.15) is 61.9 Å². The van der Waals surface area contributed by atoms with Gasteiger partial charge < -0.3 is 9.84 Å². The summed E-state index contributed by atoms with van der Waals surface area (Å²) in [5.74, 6) is -0.425. The molecule has 3 heteroatoms. The van der Waals surface area contributed by atoms with Gasteiger partial charge in [0.2, 0.25) is 0 Å². The van der Waals surface area contributed by atoms with E-state index < -0.39 is 5.97 Å². The van der Waals surface area contributed by atoms with Crippen molar-refractivity contribution in [2.45, 2.75) is 52.4 Å². The number of hydrogen-bond donors (Lipinski definition) is 1. The van der Waals surface area contributed by atoms with Crippen LogP contribution in [0.5, 0.6) is 5.75 Å². The average Bonchev–Trinajstić information content (AvgIpc) is 2.41. The highest BCUT2D eigenvalue weighted by atomic mass is 16.5. The Hall–Kier alpha value is -1.51. The van der Waals surface area contributed by atoms with Crippen LogP contribution in [-0.2, 0) is 6.42 Å². The molecule has 19 heavy (non-hydrogen) atoms. The Balaban J connectivity index is 2.70. The molecule has 0 aliphatic rings. The van der Waals surface area contributed by atoms with E-state index in [2.05, 4.69) is 6.92 Å². The zero-order valence-electron chi connectivity index (χ0n) is 11.9. The van der Waals surface area contributed by atoms with Crippen LogP contribution in [0.15, 0.2) is 18.2 Å². The minimum Gasteiger partial charge on any atom is -0.493 e. The van der Waals surface area contributed by atoms with Crippen molar-refractivity contribution in [2.24, 2.45) is 0 Å². The van der Waals surface area contributed by atoms with Gasteiger partial charge in [0.05, 0.1) is 6.61 Å². The van der Waals surface area contributed by atoms with Crippen molar-refractivity contribution in [1.82, 2.24) is 0 Å². The van der Waals surface area contributed by atoms with Gasteiger partial charge in [-0.2, -0.15) is 0 Å². The molecule has 0 aromatic heterocycles. The van der Waals surface area contributed by atoms with Crippen LogP contribution in [-0.4, -0.2) is 17.7 Å². The van der Waals surface area contributed by atoms with Crippen molar-refractivity contribution in [2.75, 3.05) is 6.61 Å². The summed E-state index contributed by atoms with van der Waals surface area (Å²) >= 11 is 0. The van der Waals surface area contributed by atoms with Gasteiger partial charge in [0, 0.05) is 0 Å². The van der Waals surface area contributed by atoms with E-state index in [1.54, 1.807) is 6.07 Å². The van der Waals surface area contributed by atoms with E-state index in [9.17, 15) is 4.79 Å². The lowest BCUT2D eigenvalue weighted by molar-refractivity contribution is 0.0692. The van der Waals surface area contributed by atoms with Crippen molar-refractivity contribution in [3.63, 3.8) is 0 Å².